The van der Waals surface area contributed by atoms with Gasteiger partial charge < -0.3 is 15.5 Å². The van der Waals surface area contributed by atoms with E-state index in [1.807, 2.05) is 0 Å². The maximum Gasteiger partial charge on any atom is 0.221 e. The number of nitrogens with zero attached hydrogens (tertiary/aromatic N) is 1. The van der Waals surface area contributed by atoms with Gasteiger partial charge in [0.25, 0.3) is 0 Å². The van der Waals surface area contributed by atoms with E-state index in [0.717, 1.165) is 32.2 Å². The lowest BCUT2D eigenvalue weighted by molar-refractivity contribution is -0.121. The average molecular weight is 241 g/mol. The van der Waals surface area contributed by atoms with E-state index in [1.54, 1.807) is 0 Å². The molecule has 0 atom stereocenters. The van der Waals surface area contributed by atoms with E-state index >= 15 is 0 Å². The third-order valence-electron chi connectivity index (χ3n) is 3.51. The standard InChI is InChI=1S/C13H27N3O/c1-3-14-9-8-13(17)15-10-11-16(2)12-6-4-5-7-12/h12,14H,3-11H2,1-2H3,(H,15,17). The van der Waals surface area contributed by atoms with Gasteiger partial charge in [0.2, 0.25) is 5.91 Å². The number of amides is 1. The van der Waals surface area contributed by atoms with Crippen LogP contribution in [0.1, 0.15) is 39.0 Å². The Labute approximate surface area is 105 Å². The first kappa shape index (κ1) is 14.5. The third kappa shape index (κ3) is 6.03. The number of rotatable bonds is 8. The molecule has 0 heterocycles. The van der Waals surface area contributed by atoms with Crippen molar-refractivity contribution in [2.24, 2.45) is 0 Å². The summed E-state index contributed by atoms with van der Waals surface area (Å²) in [6, 6.07) is 0.744. The van der Waals surface area contributed by atoms with E-state index in [1.165, 1.54) is 25.7 Å². The molecule has 0 unspecified atom stereocenters. The zero-order chi connectivity index (χ0) is 12.5. The average Bonchev–Trinajstić information content (AvgIpc) is 2.82. The lowest BCUT2D eigenvalue weighted by atomic mass is 10.2. The van der Waals surface area contributed by atoms with Crippen molar-refractivity contribution < 1.29 is 4.79 Å². The maximum absolute atomic E-state index is 11.5. The largest absolute Gasteiger partial charge is 0.355 e. The Kier molecular flexibility index (Phi) is 7.21. The monoisotopic (exact) mass is 241 g/mol. The Hall–Kier alpha value is -0.610. The number of carbonyl (C=O) groups is 1. The molecule has 0 spiro atoms. The highest BCUT2D eigenvalue weighted by Gasteiger charge is 2.18. The minimum atomic E-state index is 0.158. The molecule has 4 nitrogen and oxygen atoms in total. The predicted molar refractivity (Wildman–Crippen MR) is 71.1 cm³/mol. The van der Waals surface area contributed by atoms with E-state index in [4.69, 9.17) is 0 Å². The number of hydrogen-bond donors (Lipinski definition) is 2. The van der Waals surface area contributed by atoms with Crippen LogP contribution in [-0.2, 0) is 4.79 Å². The molecule has 0 aromatic carbocycles. The van der Waals surface area contributed by atoms with Crippen molar-refractivity contribution in [1.29, 1.82) is 0 Å². The van der Waals surface area contributed by atoms with Crippen LogP contribution in [0.5, 0.6) is 0 Å². The Morgan fingerprint density at radius 2 is 2.00 bits per heavy atom. The molecule has 1 fully saturated rings. The zero-order valence-electron chi connectivity index (χ0n) is 11.3. The highest BCUT2D eigenvalue weighted by Crippen LogP contribution is 2.21. The molecule has 17 heavy (non-hydrogen) atoms. The molecule has 4 heteroatoms. The molecule has 1 saturated carbocycles. The minimum Gasteiger partial charge on any atom is -0.355 e. The summed E-state index contributed by atoms with van der Waals surface area (Å²) in [5.74, 6) is 0.158. The summed E-state index contributed by atoms with van der Waals surface area (Å²) in [6.45, 7) is 5.50. The molecule has 1 rings (SSSR count). The van der Waals surface area contributed by atoms with Gasteiger partial charge in [-0.3, -0.25) is 4.79 Å². The zero-order valence-corrected chi connectivity index (χ0v) is 11.3. The molecule has 1 aliphatic carbocycles. The summed E-state index contributed by atoms with van der Waals surface area (Å²) in [5, 5.41) is 6.13. The molecule has 0 saturated heterocycles. The molecular weight excluding hydrogens is 214 g/mol. The van der Waals surface area contributed by atoms with Gasteiger partial charge in [0.1, 0.15) is 0 Å². The molecule has 100 valence electrons. The normalized spacial score (nSPS) is 16.6. The number of carbonyl (C=O) groups excluding carboxylic acids is 1. The molecule has 0 aromatic rings. The van der Waals surface area contributed by atoms with Gasteiger partial charge in [-0.15, -0.1) is 0 Å². The van der Waals surface area contributed by atoms with Crippen molar-refractivity contribution in [3.63, 3.8) is 0 Å². The second-order valence-electron chi connectivity index (χ2n) is 4.87. The second-order valence-corrected chi connectivity index (χ2v) is 4.87. The SMILES string of the molecule is CCNCCC(=O)NCCN(C)C1CCCC1. The Bertz CT molecular complexity index is 215. The number of likely N-dealkylation sites (N-methyl/N-ethyl adjacent to an activating group) is 1. The summed E-state index contributed by atoms with van der Waals surface area (Å²) < 4.78 is 0. The van der Waals surface area contributed by atoms with Crippen molar-refractivity contribution in [2.75, 3.05) is 33.2 Å². The summed E-state index contributed by atoms with van der Waals surface area (Å²) >= 11 is 0. The first-order valence-corrected chi connectivity index (χ1v) is 6.91. The van der Waals surface area contributed by atoms with Crippen LogP contribution in [0.3, 0.4) is 0 Å². The van der Waals surface area contributed by atoms with Crippen LogP contribution in [0, 0.1) is 0 Å². The fourth-order valence-corrected chi connectivity index (χ4v) is 2.37. The van der Waals surface area contributed by atoms with Crippen molar-refractivity contribution in [1.82, 2.24) is 15.5 Å². The van der Waals surface area contributed by atoms with Crippen molar-refractivity contribution in [3.05, 3.63) is 0 Å². The molecule has 2 N–H and O–H groups in total. The van der Waals surface area contributed by atoms with Crippen molar-refractivity contribution >= 4 is 5.91 Å². The summed E-state index contributed by atoms with van der Waals surface area (Å²) in [7, 11) is 2.17. The second kappa shape index (κ2) is 8.48. The van der Waals surface area contributed by atoms with Gasteiger partial charge in [0.15, 0.2) is 0 Å². The van der Waals surface area contributed by atoms with Crippen LogP contribution in [0.25, 0.3) is 0 Å². The van der Waals surface area contributed by atoms with E-state index in [-0.39, 0.29) is 5.91 Å². The molecular formula is C13H27N3O. The first-order chi connectivity index (χ1) is 8.24. The van der Waals surface area contributed by atoms with Gasteiger partial charge in [-0.25, -0.2) is 0 Å². The van der Waals surface area contributed by atoms with Crippen LogP contribution < -0.4 is 10.6 Å². The molecule has 0 radical (unpaired) electrons. The quantitative estimate of drug-likeness (QED) is 0.623. The Morgan fingerprint density at radius 1 is 1.29 bits per heavy atom. The molecule has 1 aliphatic rings. The van der Waals surface area contributed by atoms with E-state index in [0.29, 0.717) is 6.42 Å². The van der Waals surface area contributed by atoms with E-state index < -0.39 is 0 Å². The van der Waals surface area contributed by atoms with Gasteiger partial charge in [-0.05, 0) is 26.4 Å². The lowest BCUT2D eigenvalue weighted by Gasteiger charge is -2.23. The van der Waals surface area contributed by atoms with Crippen LogP contribution in [-0.4, -0.2) is 50.1 Å². The van der Waals surface area contributed by atoms with Gasteiger partial charge in [-0.1, -0.05) is 19.8 Å². The summed E-state index contributed by atoms with van der Waals surface area (Å²) in [6.07, 6.45) is 5.96. The number of nitrogens with one attached hydrogen (secondary N) is 2. The maximum atomic E-state index is 11.5. The highest BCUT2D eigenvalue weighted by atomic mass is 16.1. The van der Waals surface area contributed by atoms with Crippen LogP contribution in [0.4, 0.5) is 0 Å². The number of hydrogen-bond acceptors (Lipinski definition) is 3. The topological polar surface area (TPSA) is 44.4 Å². The fraction of sp³-hybridized carbons (Fsp3) is 0.923. The molecule has 0 aliphatic heterocycles. The third-order valence-corrected chi connectivity index (χ3v) is 3.51. The van der Waals surface area contributed by atoms with E-state index in [2.05, 4.69) is 29.5 Å². The van der Waals surface area contributed by atoms with Gasteiger partial charge in [0, 0.05) is 32.1 Å². The molecule has 1 amide bonds. The van der Waals surface area contributed by atoms with Gasteiger partial charge in [-0.2, -0.15) is 0 Å². The smallest absolute Gasteiger partial charge is 0.221 e. The van der Waals surface area contributed by atoms with Crippen LogP contribution in [0.2, 0.25) is 0 Å². The molecule has 0 aromatic heterocycles. The minimum absolute atomic E-state index is 0.158. The van der Waals surface area contributed by atoms with E-state index in [9.17, 15) is 4.79 Å². The molecule has 0 bridgehead atoms. The Morgan fingerprint density at radius 3 is 2.65 bits per heavy atom. The predicted octanol–water partition coefficient (Wildman–Crippen LogP) is 0.977. The highest BCUT2D eigenvalue weighted by molar-refractivity contribution is 5.76. The van der Waals surface area contributed by atoms with Crippen LogP contribution >= 0.6 is 0 Å². The first-order valence-electron chi connectivity index (χ1n) is 6.91. The summed E-state index contributed by atoms with van der Waals surface area (Å²) in [5.41, 5.74) is 0. The van der Waals surface area contributed by atoms with Crippen molar-refractivity contribution in [2.45, 2.75) is 45.1 Å². The van der Waals surface area contributed by atoms with Gasteiger partial charge >= 0.3 is 0 Å². The van der Waals surface area contributed by atoms with Gasteiger partial charge in [0.05, 0.1) is 0 Å². The Balaban J connectivity index is 2.00. The lowest BCUT2D eigenvalue weighted by Crippen LogP contribution is -2.38. The fourth-order valence-electron chi connectivity index (χ4n) is 2.37. The van der Waals surface area contributed by atoms with Crippen molar-refractivity contribution in [3.8, 4) is 0 Å². The van der Waals surface area contributed by atoms with Crippen LogP contribution in [0.15, 0.2) is 0 Å². The summed E-state index contributed by atoms with van der Waals surface area (Å²) in [4.78, 5) is 13.8.